The average Bonchev–Trinajstić information content (AvgIpc) is 2.49. The molecule has 4 heteroatoms. The minimum atomic E-state index is 0.0992. The first-order chi connectivity index (χ1) is 10.1. The Balaban J connectivity index is 1.74. The monoisotopic (exact) mass is 291 g/mol. The van der Waals surface area contributed by atoms with Crippen molar-refractivity contribution in [3.8, 4) is 5.75 Å². The molecule has 0 aromatic heterocycles. The normalized spacial score (nSPS) is 15.8. The van der Waals surface area contributed by atoms with Gasteiger partial charge < -0.3 is 14.8 Å². The second-order valence-corrected chi connectivity index (χ2v) is 5.73. The van der Waals surface area contributed by atoms with Gasteiger partial charge in [0.25, 0.3) is 0 Å². The van der Waals surface area contributed by atoms with Gasteiger partial charge in [-0.1, -0.05) is 6.07 Å². The number of aryl methyl sites for hydroxylation is 3. The van der Waals surface area contributed by atoms with Gasteiger partial charge in [-0.2, -0.15) is 0 Å². The first kappa shape index (κ1) is 15.8. The van der Waals surface area contributed by atoms with Gasteiger partial charge in [-0.25, -0.2) is 0 Å². The molecule has 1 fully saturated rings. The Labute approximate surface area is 126 Å². The van der Waals surface area contributed by atoms with E-state index in [1.807, 2.05) is 6.92 Å². The minimum absolute atomic E-state index is 0.0992. The fourth-order valence-corrected chi connectivity index (χ4v) is 2.53. The summed E-state index contributed by atoms with van der Waals surface area (Å²) in [5, 5.41) is 2.95. The third-order valence-electron chi connectivity index (χ3n) is 4.04. The second-order valence-electron chi connectivity index (χ2n) is 5.73. The van der Waals surface area contributed by atoms with Gasteiger partial charge in [0.15, 0.2) is 0 Å². The highest BCUT2D eigenvalue weighted by Crippen LogP contribution is 2.22. The maximum absolute atomic E-state index is 12.0. The van der Waals surface area contributed by atoms with Crippen LogP contribution in [0.1, 0.15) is 29.5 Å². The maximum atomic E-state index is 12.0. The standard InChI is InChI=1S/C17H25NO3/c1-12-10-14(3)16(11-13(12)2)21-9-6-18-17(19)15-4-7-20-8-5-15/h10-11,15H,4-9H2,1-3H3,(H,18,19). The molecule has 1 aromatic carbocycles. The van der Waals surface area contributed by atoms with Crippen molar-refractivity contribution < 1.29 is 14.3 Å². The Morgan fingerprint density at radius 3 is 2.57 bits per heavy atom. The van der Waals surface area contributed by atoms with E-state index in [2.05, 4.69) is 31.3 Å². The first-order valence-corrected chi connectivity index (χ1v) is 7.64. The Hall–Kier alpha value is -1.55. The van der Waals surface area contributed by atoms with Crippen LogP contribution in [0.25, 0.3) is 0 Å². The van der Waals surface area contributed by atoms with Crippen LogP contribution < -0.4 is 10.1 Å². The fraction of sp³-hybridized carbons (Fsp3) is 0.588. The number of carbonyl (C=O) groups excluding carboxylic acids is 1. The van der Waals surface area contributed by atoms with Gasteiger partial charge in [0, 0.05) is 19.1 Å². The van der Waals surface area contributed by atoms with E-state index in [4.69, 9.17) is 9.47 Å². The molecule has 1 aliphatic heterocycles. The number of ether oxygens (including phenoxy) is 2. The van der Waals surface area contributed by atoms with Crippen molar-refractivity contribution in [1.29, 1.82) is 0 Å². The summed E-state index contributed by atoms with van der Waals surface area (Å²) in [6, 6.07) is 4.19. The van der Waals surface area contributed by atoms with Crippen LogP contribution in [0, 0.1) is 26.7 Å². The van der Waals surface area contributed by atoms with Gasteiger partial charge in [0.05, 0.1) is 6.54 Å². The van der Waals surface area contributed by atoms with Gasteiger partial charge in [-0.15, -0.1) is 0 Å². The molecule has 1 N–H and O–H groups in total. The van der Waals surface area contributed by atoms with Crippen LogP contribution in [0.15, 0.2) is 12.1 Å². The highest BCUT2D eigenvalue weighted by atomic mass is 16.5. The molecule has 1 aromatic rings. The third kappa shape index (κ3) is 4.46. The van der Waals surface area contributed by atoms with Crippen molar-refractivity contribution in [2.45, 2.75) is 33.6 Å². The molecule has 0 atom stereocenters. The van der Waals surface area contributed by atoms with Gasteiger partial charge in [-0.3, -0.25) is 4.79 Å². The van der Waals surface area contributed by atoms with E-state index in [0.717, 1.165) is 24.2 Å². The smallest absolute Gasteiger partial charge is 0.223 e. The second kappa shape index (κ2) is 7.46. The molecule has 2 rings (SSSR count). The SMILES string of the molecule is Cc1cc(C)c(OCCNC(=O)C2CCOCC2)cc1C. The molecule has 1 amide bonds. The minimum Gasteiger partial charge on any atom is -0.491 e. The van der Waals surface area contributed by atoms with Crippen LogP contribution in [0.2, 0.25) is 0 Å². The summed E-state index contributed by atoms with van der Waals surface area (Å²) in [7, 11) is 0. The Bertz CT molecular complexity index is 493. The molecule has 21 heavy (non-hydrogen) atoms. The number of carbonyl (C=O) groups is 1. The van der Waals surface area contributed by atoms with Gasteiger partial charge in [0.1, 0.15) is 12.4 Å². The fourth-order valence-electron chi connectivity index (χ4n) is 2.53. The average molecular weight is 291 g/mol. The van der Waals surface area contributed by atoms with E-state index in [9.17, 15) is 4.79 Å². The summed E-state index contributed by atoms with van der Waals surface area (Å²) in [4.78, 5) is 12.0. The lowest BCUT2D eigenvalue weighted by Crippen LogP contribution is -2.36. The van der Waals surface area contributed by atoms with Crippen LogP contribution in [0.4, 0.5) is 0 Å². The van der Waals surface area contributed by atoms with Crippen LogP contribution >= 0.6 is 0 Å². The quantitative estimate of drug-likeness (QED) is 0.848. The van der Waals surface area contributed by atoms with Gasteiger partial charge in [-0.05, 0) is 56.4 Å². The molecular formula is C17H25NO3. The lowest BCUT2D eigenvalue weighted by Gasteiger charge is -2.21. The molecule has 1 aliphatic rings. The summed E-state index contributed by atoms with van der Waals surface area (Å²) >= 11 is 0. The molecular weight excluding hydrogens is 266 g/mol. The number of amides is 1. The van der Waals surface area contributed by atoms with E-state index in [0.29, 0.717) is 26.4 Å². The Kier molecular flexibility index (Phi) is 5.62. The summed E-state index contributed by atoms with van der Waals surface area (Å²) in [6.07, 6.45) is 1.64. The maximum Gasteiger partial charge on any atom is 0.223 e. The third-order valence-corrected chi connectivity index (χ3v) is 4.04. The van der Waals surface area contributed by atoms with Crippen LogP contribution in [0.3, 0.4) is 0 Å². The molecule has 0 spiro atoms. The molecule has 0 aliphatic carbocycles. The van der Waals surface area contributed by atoms with Crippen LogP contribution in [-0.2, 0) is 9.53 Å². The van der Waals surface area contributed by atoms with E-state index in [-0.39, 0.29) is 11.8 Å². The largest absolute Gasteiger partial charge is 0.491 e. The predicted molar refractivity (Wildman–Crippen MR) is 82.7 cm³/mol. The number of rotatable bonds is 5. The van der Waals surface area contributed by atoms with Crippen LogP contribution in [0.5, 0.6) is 5.75 Å². The predicted octanol–water partition coefficient (Wildman–Crippen LogP) is 2.53. The zero-order valence-corrected chi connectivity index (χ0v) is 13.2. The highest BCUT2D eigenvalue weighted by molar-refractivity contribution is 5.78. The zero-order valence-electron chi connectivity index (χ0n) is 13.2. The van der Waals surface area contributed by atoms with Crippen molar-refractivity contribution in [3.05, 3.63) is 28.8 Å². The van der Waals surface area contributed by atoms with Crippen molar-refractivity contribution >= 4 is 5.91 Å². The lowest BCUT2D eigenvalue weighted by atomic mass is 9.99. The summed E-state index contributed by atoms with van der Waals surface area (Å²) in [5.41, 5.74) is 3.63. The summed E-state index contributed by atoms with van der Waals surface area (Å²) in [6.45, 7) is 8.64. The Morgan fingerprint density at radius 1 is 1.19 bits per heavy atom. The summed E-state index contributed by atoms with van der Waals surface area (Å²) < 4.78 is 11.0. The van der Waals surface area contributed by atoms with Crippen molar-refractivity contribution in [2.75, 3.05) is 26.4 Å². The van der Waals surface area contributed by atoms with E-state index in [1.54, 1.807) is 0 Å². The number of hydrogen-bond acceptors (Lipinski definition) is 3. The van der Waals surface area contributed by atoms with Crippen molar-refractivity contribution in [3.63, 3.8) is 0 Å². The topological polar surface area (TPSA) is 47.6 Å². The van der Waals surface area contributed by atoms with Crippen molar-refractivity contribution in [2.24, 2.45) is 5.92 Å². The number of nitrogens with one attached hydrogen (secondary N) is 1. The van der Waals surface area contributed by atoms with Crippen LogP contribution in [-0.4, -0.2) is 32.3 Å². The molecule has 4 nitrogen and oxygen atoms in total. The molecule has 0 unspecified atom stereocenters. The highest BCUT2D eigenvalue weighted by Gasteiger charge is 2.20. The zero-order chi connectivity index (χ0) is 15.2. The van der Waals surface area contributed by atoms with Crippen molar-refractivity contribution in [1.82, 2.24) is 5.32 Å². The molecule has 116 valence electrons. The van der Waals surface area contributed by atoms with E-state index >= 15 is 0 Å². The Morgan fingerprint density at radius 2 is 1.86 bits per heavy atom. The number of benzene rings is 1. The summed E-state index contributed by atoms with van der Waals surface area (Å²) in [5.74, 6) is 1.12. The molecule has 1 saturated heterocycles. The molecule has 0 bridgehead atoms. The number of hydrogen-bond donors (Lipinski definition) is 1. The van der Waals surface area contributed by atoms with E-state index < -0.39 is 0 Å². The molecule has 0 saturated carbocycles. The molecule has 1 heterocycles. The lowest BCUT2D eigenvalue weighted by molar-refractivity contribution is -0.127. The first-order valence-electron chi connectivity index (χ1n) is 7.64. The molecule has 0 radical (unpaired) electrons. The van der Waals surface area contributed by atoms with Gasteiger partial charge >= 0.3 is 0 Å². The van der Waals surface area contributed by atoms with E-state index in [1.165, 1.54) is 11.1 Å². The van der Waals surface area contributed by atoms with Gasteiger partial charge in [0.2, 0.25) is 5.91 Å².